The first kappa shape index (κ1) is 15.6. The topological polar surface area (TPSA) is 56.3 Å². The second-order valence-electron chi connectivity index (χ2n) is 5.21. The van der Waals surface area contributed by atoms with Crippen LogP contribution < -0.4 is 0 Å². The van der Waals surface area contributed by atoms with Crippen LogP contribution in [-0.2, 0) is 11.2 Å². The van der Waals surface area contributed by atoms with E-state index in [4.69, 9.17) is 5.11 Å². The molecule has 0 fully saturated rings. The number of fused-ring (bicyclic) bond motifs is 1. The average molecular weight is 307 g/mol. The highest BCUT2D eigenvalue weighted by Gasteiger charge is 2.17. The minimum atomic E-state index is -0.790. The number of aliphatic carboxylic acids is 1. The van der Waals surface area contributed by atoms with Crippen molar-refractivity contribution in [1.82, 2.24) is 9.88 Å². The van der Waals surface area contributed by atoms with Crippen LogP contribution in [0.2, 0.25) is 0 Å². The number of hydrogen-bond donors (Lipinski definition) is 2. The van der Waals surface area contributed by atoms with Crippen molar-refractivity contribution in [2.75, 3.05) is 19.6 Å². The Morgan fingerprint density at radius 1 is 1.33 bits per heavy atom. The highest BCUT2D eigenvalue weighted by Crippen LogP contribution is 2.19. The first-order chi connectivity index (χ1) is 9.74. The molecular formula is C16H19ClN2O2. The molecular weight excluding hydrogens is 288 g/mol. The van der Waals surface area contributed by atoms with Crippen LogP contribution in [0.15, 0.2) is 42.1 Å². The number of benzene rings is 1. The second kappa shape index (κ2) is 6.78. The monoisotopic (exact) mass is 306 g/mol. The van der Waals surface area contributed by atoms with Gasteiger partial charge in [-0.1, -0.05) is 24.3 Å². The van der Waals surface area contributed by atoms with Crippen molar-refractivity contribution in [3.8, 4) is 0 Å². The Hall–Kier alpha value is -1.78. The maximum atomic E-state index is 11.0. The number of carboxylic acids is 1. The molecule has 1 aromatic carbocycles. The number of aromatic amines is 1. The third-order valence-corrected chi connectivity index (χ3v) is 3.88. The van der Waals surface area contributed by atoms with Gasteiger partial charge in [-0.05, 0) is 24.5 Å². The molecule has 0 aliphatic carbocycles. The van der Waals surface area contributed by atoms with Crippen LogP contribution >= 0.6 is 12.4 Å². The molecule has 2 heterocycles. The van der Waals surface area contributed by atoms with Gasteiger partial charge < -0.3 is 10.1 Å². The van der Waals surface area contributed by atoms with Crippen molar-refractivity contribution in [3.05, 3.63) is 47.7 Å². The maximum absolute atomic E-state index is 11.0. The van der Waals surface area contributed by atoms with Gasteiger partial charge in [-0.2, -0.15) is 0 Å². The zero-order valence-corrected chi connectivity index (χ0v) is 12.5. The molecule has 21 heavy (non-hydrogen) atoms. The smallest absolute Gasteiger partial charge is 0.332 e. The summed E-state index contributed by atoms with van der Waals surface area (Å²) < 4.78 is 0. The fraction of sp³-hybridized carbons (Fsp3) is 0.312. The quantitative estimate of drug-likeness (QED) is 0.913. The SMILES string of the molecule is Cl.O=C(O)C1=CCCN(CCc2c[nH]c3ccccc23)C1. The second-order valence-corrected chi connectivity index (χ2v) is 5.21. The molecule has 2 aromatic rings. The number of carbonyl (C=O) groups is 1. The van der Waals surface area contributed by atoms with Crippen LogP contribution in [0.5, 0.6) is 0 Å². The predicted octanol–water partition coefficient (Wildman–Crippen LogP) is 2.85. The number of para-hydroxylation sites is 1. The van der Waals surface area contributed by atoms with E-state index in [0.717, 1.165) is 31.4 Å². The fourth-order valence-corrected chi connectivity index (χ4v) is 2.77. The number of hydrogen-bond acceptors (Lipinski definition) is 2. The zero-order chi connectivity index (χ0) is 13.9. The summed E-state index contributed by atoms with van der Waals surface area (Å²) in [6.45, 7) is 2.39. The lowest BCUT2D eigenvalue weighted by atomic mass is 10.1. The van der Waals surface area contributed by atoms with E-state index in [1.807, 2.05) is 18.2 Å². The summed E-state index contributed by atoms with van der Waals surface area (Å²) in [5.41, 5.74) is 2.98. The van der Waals surface area contributed by atoms with E-state index in [9.17, 15) is 4.79 Å². The van der Waals surface area contributed by atoms with Gasteiger partial charge in [0, 0.05) is 42.3 Å². The molecule has 1 aromatic heterocycles. The Kier molecular flexibility index (Phi) is 5.04. The molecule has 2 N–H and O–H groups in total. The van der Waals surface area contributed by atoms with Gasteiger partial charge >= 0.3 is 5.97 Å². The van der Waals surface area contributed by atoms with Crippen LogP contribution in [0.3, 0.4) is 0 Å². The Balaban J connectivity index is 0.00000161. The Morgan fingerprint density at radius 3 is 2.95 bits per heavy atom. The van der Waals surface area contributed by atoms with Crippen LogP contribution in [0.4, 0.5) is 0 Å². The average Bonchev–Trinajstić information content (AvgIpc) is 2.89. The molecule has 0 amide bonds. The van der Waals surface area contributed by atoms with Crippen LogP contribution in [0.1, 0.15) is 12.0 Å². The molecule has 1 aliphatic rings. The van der Waals surface area contributed by atoms with Gasteiger partial charge in [0.15, 0.2) is 0 Å². The summed E-state index contributed by atoms with van der Waals surface area (Å²) in [6, 6.07) is 8.27. The van der Waals surface area contributed by atoms with Gasteiger partial charge in [0.1, 0.15) is 0 Å². The van der Waals surface area contributed by atoms with E-state index in [2.05, 4.69) is 28.2 Å². The van der Waals surface area contributed by atoms with Gasteiger partial charge in [-0.3, -0.25) is 4.90 Å². The summed E-state index contributed by atoms with van der Waals surface area (Å²) in [6.07, 6.45) is 5.67. The standard InChI is InChI=1S/C16H18N2O2.ClH/c19-16(20)13-4-3-8-18(11-13)9-7-12-10-17-15-6-2-1-5-14(12)15;/h1-2,4-6,10,17H,3,7-9,11H2,(H,19,20);1H. The molecule has 112 valence electrons. The van der Waals surface area contributed by atoms with Gasteiger partial charge in [0.2, 0.25) is 0 Å². The van der Waals surface area contributed by atoms with Crippen LogP contribution in [0, 0.1) is 0 Å². The molecule has 5 heteroatoms. The van der Waals surface area contributed by atoms with Crippen molar-refractivity contribution in [2.24, 2.45) is 0 Å². The molecule has 0 radical (unpaired) electrons. The number of rotatable bonds is 4. The third-order valence-electron chi connectivity index (χ3n) is 3.88. The van der Waals surface area contributed by atoms with E-state index in [1.165, 1.54) is 10.9 Å². The lowest BCUT2D eigenvalue weighted by Crippen LogP contribution is -2.33. The van der Waals surface area contributed by atoms with E-state index < -0.39 is 5.97 Å². The van der Waals surface area contributed by atoms with Gasteiger partial charge in [-0.15, -0.1) is 12.4 Å². The molecule has 0 saturated carbocycles. The number of aromatic nitrogens is 1. The van der Waals surface area contributed by atoms with Gasteiger partial charge in [0.05, 0.1) is 0 Å². The number of nitrogens with one attached hydrogen (secondary N) is 1. The summed E-state index contributed by atoms with van der Waals surface area (Å²) >= 11 is 0. The fourth-order valence-electron chi connectivity index (χ4n) is 2.77. The van der Waals surface area contributed by atoms with Crippen molar-refractivity contribution in [3.63, 3.8) is 0 Å². The van der Waals surface area contributed by atoms with Crippen molar-refractivity contribution in [1.29, 1.82) is 0 Å². The highest BCUT2D eigenvalue weighted by atomic mass is 35.5. The van der Waals surface area contributed by atoms with E-state index in [0.29, 0.717) is 12.1 Å². The van der Waals surface area contributed by atoms with E-state index in [-0.39, 0.29) is 12.4 Å². The van der Waals surface area contributed by atoms with E-state index >= 15 is 0 Å². The lowest BCUT2D eigenvalue weighted by Gasteiger charge is -2.25. The minimum Gasteiger partial charge on any atom is -0.478 e. The van der Waals surface area contributed by atoms with Gasteiger partial charge in [-0.25, -0.2) is 4.79 Å². The zero-order valence-electron chi connectivity index (χ0n) is 11.7. The first-order valence-electron chi connectivity index (χ1n) is 6.94. The number of nitrogens with zero attached hydrogens (tertiary/aromatic N) is 1. The number of carboxylic acid groups (broad SMARTS) is 1. The third kappa shape index (κ3) is 3.46. The highest BCUT2D eigenvalue weighted by molar-refractivity contribution is 5.87. The van der Waals surface area contributed by atoms with Crippen molar-refractivity contribution >= 4 is 29.3 Å². The molecule has 3 rings (SSSR count). The summed E-state index contributed by atoms with van der Waals surface area (Å²) in [4.78, 5) is 16.5. The largest absolute Gasteiger partial charge is 0.478 e. The van der Waals surface area contributed by atoms with Crippen molar-refractivity contribution < 1.29 is 9.90 Å². The Bertz CT molecular complexity index is 663. The molecule has 0 atom stereocenters. The number of H-pyrrole nitrogens is 1. The summed E-state index contributed by atoms with van der Waals surface area (Å²) in [7, 11) is 0. The molecule has 0 unspecified atom stereocenters. The number of halogens is 1. The molecule has 0 saturated heterocycles. The van der Waals surface area contributed by atoms with Crippen molar-refractivity contribution in [2.45, 2.75) is 12.8 Å². The predicted molar refractivity (Wildman–Crippen MR) is 86.0 cm³/mol. The molecule has 1 aliphatic heterocycles. The Morgan fingerprint density at radius 2 is 2.14 bits per heavy atom. The van der Waals surface area contributed by atoms with E-state index in [1.54, 1.807) is 0 Å². The first-order valence-corrected chi connectivity index (χ1v) is 6.94. The summed E-state index contributed by atoms with van der Waals surface area (Å²) in [5, 5.41) is 10.3. The normalized spacial score (nSPS) is 15.5. The molecule has 0 spiro atoms. The van der Waals surface area contributed by atoms with Gasteiger partial charge in [0.25, 0.3) is 0 Å². The maximum Gasteiger partial charge on any atom is 0.332 e. The minimum absolute atomic E-state index is 0. The molecule has 4 nitrogen and oxygen atoms in total. The molecule has 0 bridgehead atoms. The van der Waals surface area contributed by atoms with Crippen LogP contribution in [0.25, 0.3) is 10.9 Å². The summed E-state index contributed by atoms with van der Waals surface area (Å²) in [5.74, 6) is -0.790. The lowest BCUT2D eigenvalue weighted by molar-refractivity contribution is -0.133. The van der Waals surface area contributed by atoms with Crippen LogP contribution in [-0.4, -0.2) is 40.6 Å². The Labute approximate surface area is 129 Å².